The average molecular weight is 245 g/mol. The minimum atomic E-state index is 0. The zero-order chi connectivity index (χ0) is 9.80. The van der Waals surface area contributed by atoms with Gasteiger partial charge in [-0.25, -0.2) is 4.40 Å². The van der Waals surface area contributed by atoms with Crippen molar-refractivity contribution in [2.45, 2.75) is 19.0 Å². The van der Waals surface area contributed by atoms with E-state index in [-0.39, 0.29) is 12.4 Å². The number of benzene rings is 1. The van der Waals surface area contributed by atoms with Crippen molar-refractivity contribution in [2.24, 2.45) is 10.1 Å². The fourth-order valence-electron chi connectivity index (χ4n) is 1.47. The predicted octanol–water partition coefficient (Wildman–Crippen LogP) is 2.27. The Hall–Kier alpha value is -0.710. The molecule has 0 saturated carbocycles. The van der Waals surface area contributed by atoms with Gasteiger partial charge in [0, 0.05) is 5.75 Å². The number of fused-ring (bicyclic) bond motifs is 1. The van der Waals surface area contributed by atoms with E-state index in [4.69, 9.17) is 10.5 Å². The van der Waals surface area contributed by atoms with Crippen LogP contribution < -0.4 is 5.73 Å². The summed E-state index contributed by atoms with van der Waals surface area (Å²) in [5.74, 6) is 0.862. The molecule has 0 fully saturated rings. The van der Waals surface area contributed by atoms with Crippen molar-refractivity contribution in [1.29, 1.82) is 0 Å². The Morgan fingerprint density at radius 1 is 1.40 bits per heavy atom. The van der Waals surface area contributed by atoms with Crippen molar-refractivity contribution >= 4 is 30.7 Å². The molecule has 0 spiro atoms. The van der Waals surface area contributed by atoms with Gasteiger partial charge in [-0.1, -0.05) is 18.2 Å². The van der Waals surface area contributed by atoms with Gasteiger partial charge in [-0.15, -0.1) is 12.4 Å². The molecule has 0 radical (unpaired) electrons. The second-order valence-corrected chi connectivity index (χ2v) is 3.88. The highest BCUT2D eigenvalue weighted by molar-refractivity contribution is 7.97. The largest absolute Gasteiger partial charge is 0.389 e. The maximum absolute atomic E-state index is 5.34. The maximum Gasteiger partial charge on any atom is 0.0937 e. The molecule has 0 atom stereocenters. The second kappa shape index (κ2) is 6.00. The number of nitrogens with two attached hydrogens (primary N) is 1. The van der Waals surface area contributed by atoms with Crippen LogP contribution in [0.1, 0.15) is 16.7 Å². The van der Waals surface area contributed by atoms with Crippen molar-refractivity contribution in [3.63, 3.8) is 0 Å². The normalized spacial score (nSPS) is 13.9. The molecule has 1 heterocycles. The fourth-order valence-corrected chi connectivity index (χ4v) is 1.96. The van der Waals surface area contributed by atoms with Crippen molar-refractivity contribution in [3.8, 4) is 0 Å². The SMILES string of the molecule is Cl.NC=NSCc1ccc2c(c1)COC2. The van der Waals surface area contributed by atoms with E-state index in [0.717, 1.165) is 19.0 Å². The molecule has 0 unspecified atom stereocenters. The lowest BCUT2D eigenvalue weighted by Crippen LogP contribution is -1.88. The smallest absolute Gasteiger partial charge is 0.0937 e. The Labute approximate surface area is 99.6 Å². The van der Waals surface area contributed by atoms with Crippen LogP contribution in [-0.4, -0.2) is 6.34 Å². The summed E-state index contributed by atoms with van der Waals surface area (Å²) in [4.78, 5) is 0. The van der Waals surface area contributed by atoms with E-state index in [2.05, 4.69) is 22.6 Å². The number of hydrogen-bond acceptors (Lipinski definition) is 3. The predicted molar refractivity (Wildman–Crippen MR) is 66.2 cm³/mol. The minimum absolute atomic E-state index is 0. The van der Waals surface area contributed by atoms with Crippen LogP contribution in [0.2, 0.25) is 0 Å². The van der Waals surface area contributed by atoms with Crippen molar-refractivity contribution in [2.75, 3.05) is 0 Å². The monoisotopic (exact) mass is 244 g/mol. The topological polar surface area (TPSA) is 47.6 Å². The molecule has 1 aliphatic rings. The van der Waals surface area contributed by atoms with Gasteiger partial charge < -0.3 is 10.5 Å². The van der Waals surface area contributed by atoms with Gasteiger partial charge in [0.2, 0.25) is 0 Å². The molecular weight excluding hydrogens is 232 g/mol. The standard InChI is InChI=1S/C10H12N2OS.ClH/c11-7-12-14-6-8-1-2-9-4-13-5-10(9)3-8;/h1-3,7H,4-6H2,(H2,11,12);1H. The number of hydrogen-bond donors (Lipinski definition) is 1. The van der Waals surface area contributed by atoms with Crippen LogP contribution in [0.4, 0.5) is 0 Å². The molecule has 15 heavy (non-hydrogen) atoms. The van der Waals surface area contributed by atoms with E-state index in [0.29, 0.717) is 0 Å². The molecular formula is C10H13ClN2OS. The fraction of sp³-hybridized carbons (Fsp3) is 0.300. The number of halogens is 1. The summed E-state index contributed by atoms with van der Waals surface area (Å²) in [6.07, 6.45) is 1.32. The summed E-state index contributed by atoms with van der Waals surface area (Å²) in [5.41, 5.74) is 9.03. The van der Waals surface area contributed by atoms with Crippen molar-refractivity contribution < 1.29 is 4.74 Å². The molecule has 1 aromatic rings. The third-order valence-corrected chi connectivity index (χ3v) is 2.89. The highest BCUT2D eigenvalue weighted by Gasteiger charge is 2.10. The number of ether oxygens (including phenoxy) is 1. The highest BCUT2D eigenvalue weighted by atomic mass is 35.5. The Morgan fingerprint density at radius 3 is 3.00 bits per heavy atom. The summed E-state index contributed by atoms with van der Waals surface area (Å²) < 4.78 is 9.24. The first-order valence-electron chi connectivity index (χ1n) is 4.44. The molecule has 0 saturated heterocycles. The average Bonchev–Trinajstić information content (AvgIpc) is 2.65. The van der Waals surface area contributed by atoms with E-state index >= 15 is 0 Å². The molecule has 1 aromatic carbocycles. The van der Waals surface area contributed by atoms with Gasteiger partial charge in [0.05, 0.1) is 19.6 Å². The Morgan fingerprint density at radius 2 is 2.20 bits per heavy atom. The van der Waals surface area contributed by atoms with E-state index in [1.54, 1.807) is 0 Å². The second-order valence-electron chi connectivity index (χ2n) is 3.12. The van der Waals surface area contributed by atoms with Crippen LogP contribution in [0.5, 0.6) is 0 Å². The number of rotatable bonds is 3. The van der Waals surface area contributed by atoms with Gasteiger partial charge in [0.25, 0.3) is 0 Å². The van der Waals surface area contributed by atoms with Gasteiger partial charge in [-0.2, -0.15) is 0 Å². The first kappa shape index (κ1) is 12.4. The third-order valence-electron chi connectivity index (χ3n) is 2.15. The summed E-state index contributed by atoms with van der Waals surface area (Å²) in [6.45, 7) is 1.50. The van der Waals surface area contributed by atoms with Crippen LogP contribution in [0.15, 0.2) is 22.6 Å². The lowest BCUT2D eigenvalue weighted by molar-refractivity contribution is 0.134. The molecule has 0 bridgehead atoms. The first-order valence-corrected chi connectivity index (χ1v) is 5.38. The molecule has 0 amide bonds. The molecule has 1 aliphatic heterocycles. The number of nitrogens with zero attached hydrogens (tertiary/aromatic N) is 1. The van der Waals surface area contributed by atoms with Gasteiger partial charge >= 0.3 is 0 Å². The van der Waals surface area contributed by atoms with E-state index in [1.807, 2.05) is 0 Å². The summed E-state index contributed by atoms with van der Waals surface area (Å²) in [6, 6.07) is 6.43. The maximum atomic E-state index is 5.34. The van der Waals surface area contributed by atoms with E-state index < -0.39 is 0 Å². The molecule has 0 aliphatic carbocycles. The Kier molecular flexibility index (Phi) is 4.94. The quantitative estimate of drug-likeness (QED) is 0.504. The lowest BCUT2D eigenvalue weighted by atomic mass is 10.1. The highest BCUT2D eigenvalue weighted by Crippen LogP contribution is 2.23. The van der Waals surface area contributed by atoms with Gasteiger partial charge in [-0.3, -0.25) is 0 Å². The van der Waals surface area contributed by atoms with E-state index in [1.165, 1.54) is 35.0 Å². The minimum Gasteiger partial charge on any atom is -0.389 e. The summed E-state index contributed by atoms with van der Waals surface area (Å²) >= 11 is 1.46. The van der Waals surface area contributed by atoms with Gasteiger partial charge in [0.1, 0.15) is 0 Å². The Bertz CT molecular complexity index is 357. The first-order chi connectivity index (χ1) is 6.90. The molecule has 5 heteroatoms. The molecule has 2 N–H and O–H groups in total. The molecule has 3 nitrogen and oxygen atoms in total. The van der Waals surface area contributed by atoms with Crippen LogP contribution in [0.3, 0.4) is 0 Å². The van der Waals surface area contributed by atoms with Crippen LogP contribution in [-0.2, 0) is 23.7 Å². The summed E-state index contributed by atoms with van der Waals surface area (Å²) in [7, 11) is 0. The van der Waals surface area contributed by atoms with Gasteiger partial charge in [0.15, 0.2) is 0 Å². The zero-order valence-electron chi connectivity index (χ0n) is 8.18. The van der Waals surface area contributed by atoms with Crippen LogP contribution in [0.25, 0.3) is 0 Å². The molecule has 82 valence electrons. The van der Waals surface area contributed by atoms with Crippen LogP contribution in [0, 0.1) is 0 Å². The van der Waals surface area contributed by atoms with Crippen LogP contribution >= 0.6 is 24.4 Å². The molecule has 2 rings (SSSR count). The lowest BCUT2D eigenvalue weighted by Gasteiger charge is -2.00. The van der Waals surface area contributed by atoms with Crippen molar-refractivity contribution in [1.82, 2.24) is 0 Å². The van der Waals surface area contributed by atoms with Gasteiger partial charge in [-0.05, 0) is 28.6 Å². The summed E-state index contributed by atoms with van der Waals surface area (Å²) in [5, 5.41) is 0. The Balaban J connectivity index is 0.00000112. The van der Waals surface area contributed by atoms with E-state index in [9.17, 15) is 0 Å². The zero-order valence-corrected chi connectivity index (χ0v) is 9.81. The molecule has 0 aromatic heterocycles. The third kappa shape index (κ3) is 3.12. The van der Waals surface area contributed by atoms with Crippen molar-refractivity contribution in [3.05, 3.63) is 34.9 Å².